The molecule has 4 aromatic heterocycles. The van der Waals surface area contributed by atoms with Gasteiger partial charge in [-0.1, -0.05) is 13.3 Å². The number of hydrogen-bond donors (Lipinski definition) is 0. The van der Waals surface area contributed by atoms with Gasteiger partial charge < -0.3 is 23.8 Å². The van der Waals surface area contributed by atoms with Gasteiger partial charge in [0.1, 0.15) is 5.52 Å². The topological polar surface area (TPSA) is 71.1 Å². The van der Waals surface area contributed by atoms with E-state index in [0.717, 1.165) is 53.2 Å². The third-order valence-corrected chi connectivity index (χ3v) is 7.68. The van der Waals surface area contributed by atoms with E-state index in [4.69, 9.17) is 0 Å². The third-order valence-electron chi connectivity index (χ3n) is 7.68. The number of nitrogens with zero attached hydrogens (tertiary/aromatic N) is 9. The van der Waals surface area contributed by atoms with Crippen LogP contribution in [-0.4, -0.2) is 104 Å². The molecule has 3 saturated heterocycles. The van der Waals surface area contributed by atoms with Gasteiger partial charge in [0, 0.05) is 76.6 Å². The molecule has 0 saturated carbocycles. The van der Waals surface area contributed by atoms with Crippen molar-refractivity contribution in [1.29, 1.82) is 0 Å². The molecule has 0 unspecified atom stereocenters. The van der Waals surface area contributed by atoms with Crippen molar-refractivity contribution >= 4 is 22.3 Å². The van der Waals surface area contributed by atoms with Crippen LogP contribution in [0.1, 0.15) is 13.3 Å². The molecule has 9 nitrogen and oxygen atoms in total. The van der Waals surface area contributed by atoms with E-state index in [1.54, 1.807) is 6.20 Å². The molecule has 3 fully saturated rings. The predicted molar refractivity (Wildman–Crippen MR) is 148 cm³/mol. The van der Waals surface area contributed by atoms with E-state index in [2.05, 4.69) is 77.9 Å². The summed E-state index contributed by atoms with van der Waals surface area (Å²) in [5, 5.41) is 0. The van der Waals surface area contributed by atoms with Crippen LogP contribution in [0.2, 0.25) is 0 Å². The highest BCUT2D eigenvalue weighted by molar-refractivity contribution is 5.70. The zero-order valence-electron chi connectivity index (χ0n) is 22.7. The molecule has 0 aliphatic carbocycles. The van der Waals surface area contributed by atoms with Crippen molar-refractivity contribution in [2.75, 3.05) is 60.4 Å². The van der Waals surface area contributed by atoms with Gasteiger partial charge in [0.05, 0.1) is 18.2 Å². The summed E-state index contributed by atoms with van der Waals surface area (Å²) >= 11 is 0. The summed E-state index contributed by atoms with van der Waals surface area (Å²) in [6.07, 6.45) is 8.78. The van der Waals surface area contributed by atoms with Gasteiger partial charge in [0.25, 0.3) is 0 Å². The first-order valence-electron chi connectivity index (χ1n) is 13.6. The Hall–Kier alpha value is -2.88. The van der Waals surface area contributed by atoms with Crippen molar-refractivity contribution in [2.24, 2.45) is 17.8 Å². The fourth-order valence-corrected chi connectivity index (χ4v) is 5.60. The largest absolute Gasteiger partial charge is 0.329 e. The van der Waals surface area contributed by atoms with Gasteiger partial charge in [-0.25, -0.2) is 19.9 Å². The standard InChI is InChI=1S/2C11H14N4.C6H13N/c1-14-5-9(6-14)7-15-8-13-11-10(15)3-2-4-12-11;1-14-5-9(6-14)7-15-8-13-10-3-2-4-12-11(10)15;1-3-6-4-7(2)5-6/h2*2-4,8-9H,5-7H2,1H3;6H,3-5H2,1-2H3. The van der Waals surface area contributed by atoms with Crippen LogP contribution in [0.4, 0.5) is 0 Å². The number of aromatic nitrogens is 6. The number of fused-ring (bicyclic) bond motifs is 2. The van der Waals surface area contributed by atoms with Gasteiger partial charge in [-0.15, -0.1) is 0 Å². The minimum absolute atomic E-state index is 0.759. The van der Waals surface area contributed by atoms with Crippen LogP contribution in [0.15, 0.2) is 49.3 Å². The van der Waals surface area contributed by atoms with Crippen LogP contribution in [0.3, 0.4) is 0 Å². The van der Waals surface area contributed by atoms with Crippen LogP contribution in [0.25, 0.3) is 22.3 Å². The monoisotopic (exact) mass is 503 g/mol. The molecule has 0 radical (unpaired) electrons. The maximum atomic E-state index is 4.36. The maximum Gasteiger partial charge on any atom is 0.177 e. The molecule has 7 rings (SSSR count). The Morgan fingerprint density at radius 1 is 0.676 bits per heavy atom. The van der Waals surface area contributed by atoms with Gasteiger partial charge in [-0.05, 0) is 51.3 Å². The van der Waals surface area contributed by atoms with Crippen molar-refractivity contribution in [3.63, 3.8) is 0 Å². The molecular formula is C28H41N9. The summed E-state index contributed by atoms with van der Waals surface area (Å²) in [6, 6.07) is 7.98. The molecule has 0 atom stereocenters. The molecule has 0 amide bonds. The first kappa shape index (κ1) is 25.8. The minimum Gasteiger partial charge on any atom is -0.329 e. The number of imidazole rings is 2. The molecular weight excluding hydrogens is 462 g/mol. The minimum atomic E-state index is 0.759. The van der Waals surface area contributed by atoms with Gasteiger partial charge in [-0.3, -0.25) is 0 Å². The number of pyridine rings is 2. The lowest BCUT2D eigenvalue weighted by atomic mass is 9.99. The van der Waals surface area contributed by atoms with E-state index in [1.807, 2.05) is 37.1 Å². The molecule has 0 aromatic carbocycles. The lowest BCUT2D eigenvalue weighted by molar-refractivity contribution is 0.120. The fourth-order valence-electron chi connectivity index (χ4n) is 5.60. The highest BCUT2D eigenvalue weighted by Crippen LogP contribution is 2.19. The summed E-state index contributed by atoms with van der Waals surface area (Å²) in [6.45, 7) is 11.8. The molecule has 3 aliphatic heterocycles. The molecule has 9 heteroatoms. The first-order valence-corrected chi connectivity index (χ1v) is 13.6. The van der Waals surface area contributed by atoms with E-state index in [0.29, 0.717) is 0 Å². The first-order chi connectivity index (χ1) is 18.0. The third kappa shape index (κ3) is 6.34. The van der Waals surface area contributed by atoms with Crippen LogP contribution < -0.4 is 0 Å². The SMILES string of the molecule is CCC1CN(C)C1.CN1CC(Cn2cnc3cccnc32)C1.CN1CC(Cn2cnc3ncccc32)C1. The number of rotatable bonds is 5. The Morgan fingerprint density at radius 3 is 1.86 bits per heavy atom. The van der Waals surface area contributed by atoms with Gasteiger partial charge >= 0.3 is 0 Å². The maximum absolute atomic E-state index is 4.36. The zero-order chi connectivity index (χ0) is 25.8. The molecule has 0 spiro atoms. The second-order valence-corrected chi connectivity index (χ2v) is 11.2. The van der Waals surface area contributed by atoms with Crippen LogP contribution in [-0.2, 0) is 13.1 Å². The highest BCUT2D eigenvalue weighted by atomic mass is 15.2. The normalized spacial score (nSPS) is 19.5. The molecule has 4 aromatic rings. The highest BCUT2D eigenvalue weighted by Gasteiger charge is 2.24. The Balaban J connectivity index is 0.000000122. The zero-order valence-corrected chi connectivity index (χ0v) is 22.7. The second kappa shape index (κ2) is 11.7. The van der Waals surface area contributed by atoms with E-state index in [-0.39, 0.29) is 0 Å². The summed E-state index contributed by atoms with van der Waals surface area (Å²) in [4.78, 5) is 24.2. The van der Waals surface area contributed by atoms with E-state index < -0.39 is 0 Å². The molecule has 7 heterocycles. The lowest BCUT2D eigenvalue weighted by Gasteiger charge is -2.36. The molecule has 198 valence electrons. The Labute approximate surface area is 220 Å². The smallest absolute Gasteiger partial charge is 0.177 e. The molecule has 0 N–H and O–H groups in total. The van der Waals surface area contributed by atoms with Crippen molar-refractivity contribution in [2.45, 2.75) is 26.4 Å². The summed E-state index contributed by atoms with van der Waals surface area (Å²) < 4.78 is 4.37. The average Bonchev–Trinajstić information content (AvgIpc) is 3.45. The number of hydrogen-bond acceptors (Lipinski definition) is 7. The van der Waals surface area contributed by atoms with Gasteiger partial charge in [0.2, 0.25) is 0 Å². The second-order valence-electron chi connectivity index (χ2n) is 11.2. The molecule has 3 aliphatic rings. The Morgan fingerprint density at radius 2 is 1.24 bits per heavy atom. The quantitative estimate of drug-likeness (QED) is 0.415. The van der Waals surface area contributed by atoms with Crippen molar-refractivity contribution in [3.05, 3.63) is 49.3 Å². The summed E-state index contributed by atoms with van der Waals surface area (Å²) in [5.41, 5.74) is 3.99. The summed E-state index contributed by atoms with van der Waals surface area (Å²) in [5.74, 6) is 2.55. The van der Waals surface area contributed by atoms with Crippen LogP contribution in [0.5, 0.6) is 0 Å². The van der Waals surface area contributed by atoms with Crippen molar-refractivity contribution < 1.29 is 0 Å². The van der Waals surface area contributed by atoms with E-state index >= 15 is 0 Å². The fraction of sp³-hybridized carbons (Fsp3) is 0.571. The van der Waals surface area contributed by atoms with E-state index in [1.165, 1.54) is 45.7 Å². The van der Waals surface area contributed by atoms with E-state index in [9.17, 15) is 0 Å². The van der Waals surface area contributed by atoms with Crippen LogP contribution in [0, 0.1) is 17.8 Å². The number of likely N-dealkylation sites (tertiary alicyclic amines) is 3. The molecule has 37 heavy (non-hydrogen) atoms. The van der Waals surface area contributed by atoms with Gasteiger partial charge in [-0.2, -0.15) is 0 Å². The van der Waals surface area contributed by atoms with Crippen molar-refractivity contribution in [1.82, 2.24) is 43.8 Å². The predicted octanol–water partition coefficient (Wildman–Crippen LogP) is 2.94. The molecule has 0 bridgehead atoms. The van der Waals surface area contributed by atoms with Crippen molar-refractivity contribution in [3.8, 4) is 0 Å². The summed E-state index contributed by atoms with van der Waals surface area (Å²) in [7, 11) is 6.48. The van der Waals surface area contributed by atoms with Gasteiger partial charge in [0.15, 0.2) is 11.3 Å². The van der Waals surface area contributed by atoms with Crippen LogP contribution >= 0.6 is 0 Å². The lowest BCUT2D eigenvalue weighted by Crippen LogP contribution is -2.45. The Bertz CT molecular complexity index is 1170. The average molecular weight is 504 g/mol. The Kier molecular flexibility index (Phi) is 8.12.